The second-order valence-electron chi connectivity index (χ2n) is 4.14. The van der Waals surface area contributed by atoms with Crippen molar-refractivity contribution in [1.82, 2.24) is 0 Å². The molecule has 1 aromatic carbocycles. The zero-order valence-corrected chi connectivity index (χ0v) is 11.5. The largest absolute Gasteiger partial charge is 0.326 e. The lowest BCUT2D eigenvalue weighted by atomic mass is 10.1. The van der Waals surface area contributed by atoms with Gasteiger partial charge in [-0.25, -0.2) is 0 Å². The van der Waals surface area contributed by atoms with Crippen LogP contribution in [0.15, 0.2) is 35.7 Å². The smallest absolute Gasteiger partial charge is 0.265 e. The van der Waals surface area contributed by atoms with Gasteiger partial charge in [-0.2, -0.15) is 0 Å². The Labute approximate surface area is 115 Å². The van der Waals surface area contributed by atoms with E-state index >= 15 is 0 Å². The molecule has 0 spiro atoms. The number of hydrogen-bond acceptors (Lipinski definition) is 3. The summed E-state index contributed by atoms with van der Waals surface area (Å²) in [6.07, 6.45) is 0. The maximum absolute atomic E-state index is 11.9. The van der Waals surface area contributed by atoms with Crippen molar-refractivity contribution in [2.75, 3.05) is 10.6 Å². The van der Waals surface area contributed by atoms with Crippen LogP contribution in [0.3, 0.4) is 0 Å². The van der Waals surface area contributed by atoms with E-state index in [1.807, 2.05) is 24.4 Å². The monoisotopic (exact) mass is 274 g/mol. The summed E-state index contributed by atoms with van der Waals surface area (Å²) >= 11 is 1.40. The van der Waals surface area contributed by atoms with Crippen molar-refractivity contribution in [2.45, 2.75) is 13.8 Å². The molecule has 0 unspecified atom stereocenters. The molecule has 0 atom stereocenters. The molecule has 0 fully saturated rings. The molecule has 2 rings (SSSR count). The number of hydrogen-bond donors (Lipinski definition) is 2. The third-order valence-corrected chi connectivity index (χ3v) is 3.41. The molecule has 4 nitrogen and oxygen atoms in total. The van der Waals surface area contributed by atoms with Gasteiger partial charge in [0.15, 0.2) is 0 Å². The summed E-state index contributed by atoms with van der Waals surface area (Å²) in [7, 11) is 0. The molecule has 1 aromatic heterocycles. The molecule has 0 radical (unpaired) electrons. The fourth-order valence-electron chi connectivity index (χ4n) is 1.68. The first-order valence-corrected chi connectivity index (χ1v) is 6.67. The number of carbonyl (C=O) groups excluding carboxylic acids is 2. The van der Waals surface area contributed by atoms with Gasteiger partial charge in [0.2, 0.25) is 5.91 Å². The summed E-state index contributed by atoms with van der Waals surface area (Å²) in [4.78, 5) is 23.6. The van der Waals surface area contributed by atoms with Gasteiger partial charge in [0.1, 0.15) is 0 Å². The van der Waals surface area contributed by atoms with E-state index in [2.05, 4.69) is 10.6 Å². The third kappa shape index (κ3) is 3.42. The summed E-state index contributed by atoms with van der Waals surface area (Å²) in [5.74, 6) is -0.236. The number of nitrogens with one attached hydrogen (secondary N) is 2. The number of aryl methyl sites for hydroxylation is 1. The molecule has 0 aliphatic rings. The first kappa shape index (κ1) is 13.3. The van der Waals surface area contributed by atoms with Gasteiger partial charge in [0.05, 0.1) is 4.88 Å². The summed E-state index contributed by atoms with van der Waals surface area (Å²) in [5, 5.41) is 7.42. The van der Waals surface area contributed by atoms with E-state index in [-0.39, 0.29) is 11.8 Å². The summed E-state index contributed by atoms with van der Waals surface area (Å²) in [6, 6.07) is 8.99. The maximum Gasteiger partial charge on any atom is 0.265 e. The highest BCUT2D eigenvalue weighted by molar-refractivity contribution is 7.12. The predicted octanol–water partition coefficient (Wildman–Crippen LogP) is 3.27. The van der Waals surface area contributed by atoms with Crippen molar-refractivity contribution >= 4 is 34.5 Å². The van der Waals surface area contributed by atoms with E-state index in [0.29, 0.717) is 4.88 Å². The minimum Gasteiger partial charge on any atom is -0.326 e. The topological polar surface area (TPSA) is 58.2 Å². The van der Waals surface area contributed by atoms with Gasteiger partial charge in [0.25, 0.3) is 5.91 Å². The minimum absolute atomic E-state index is 0.116. The van der Waals surface area contributed by atoms with Crippen LogP contribution < -0.4 is 10.6 Å². The highest BCUT2D eigenvalue weighted by Gasteiger charge is 2.08. The van der Waals surface area contributed by atoms with E-state index < -0.39 is 0 Å². The van der Waals surface area contributed by atoms with Crippen LogP contribution in [0.4, 0.5) is 11.4 Å². The molecule has 2 amide bonds. The lowest BCUT2D eigenvalue weighted by molar-refractivity contribution is -0.114. The fraction of sp³-hybridized carbons (Fsp3) is 0.143. The quantitative estimate of drug-likeness (QED) is 0.902. The molecule has 98 valence electrons. The molecule has 2 N–H and O–H groups in total. The van der Waals surface area contributed by atoms with Gasteiger partial charge in [0, 0.05) is 18.3 Å². The fourth-order valence-corrected chi connectivity index (χ4v) is 2.30. The molecule has 0 aliphatic carbocycles. The average molecular weight is 274 g/mol. The molecule has 19 heavy (non-hydrogen) atoms. The summed E-state index contributed by atoms with van der Waals surface area (Å²) in [6.45, 7) is 3.34. The highest BCUT2D eigenvalue weighted by atomic mass is 32.1. The average Bonchev–Trinajstić information content (AvgIpc) is 2.85. The molecule has 1 heterocycles. The van der Waals surface area contributed by atoms with Gasteiger partial charge in [-0.3, -0.25) is 9.59 Å². The molecule has 0 saturated heterocycles. The van der Waals surface area contributed by atoms with Gasteiger partial charge in [-0.05, 0) is 42.1 Å². The zero-order chi connectivity index (χ0) is 13.8. The van der Waals surface area contributed by atoms with Crippen molar-refractivity contribution in [3.05, 3.63) is 46.2 Å². The first-order chi connectivity index (χ1) is 9.06. The maximum atomic E-state index is 11.9. The van der Waals surface area contributed by atoms with Crippen LogP contribution in [0.1, 0.15) is 22.2 Å². The van der Waals surface area contributed by atoms with Crippen molar-refractivity contribution in [3.8, 4) is 0 Å². The Hall–Kier alpha value is -2.14. The van der Waals surface area contributed by atoms with E-state index in [1.165, 1.54) is 18.3 Å². The van der Waals surface area contributed by atoms with Crippen molar-refractivity contribution in [2.24, 2.45) is 0 Å². The van der Waals surface area contributed by atoms with Gasteiger partial charge < -0.3 is 10.6 Å². The molecule has 0 bridgehead atoms. The van der Waals surface area contributed by atoms with Crippen LogP contribution in [0, 0.1) is 6.92 Å². The van der Waals surface area contributed by atoms with E-state index in [4.69, 9.17) is 0 Å². The summed E-state index contributed by atoms with van der Waals surface area (Å²) in [5.41, 5.74) is 2.36. The Bertz CT molecular complexity index is 606. The third-order valence-electron chi connectivity index (χ3n) is 2.54. The Morgan fingerprint density at radius 2 is 1.95 bits per heavy atom. The van der Waals surface area contributed by atoms with Gasteiger partial charge >= 0.3 is 0 Å². The number of thiophene rings is 1. The van der Waals surface area contributed by atoms with Crippen LogP contribution >= 0.6 is 11.3 Å². The molecule has 0 aliphatic heterocycles. The Morgan fingerprint density at radius 1 is 1.16 bits per heavy atom. The Kier molecular flexibility index (Phi) is 3.97. The van der Waals surface area contributed by atoms with Crippen LogP contribution in [0.2, 0.25) is 0 Å². The minimum atomic E-state index is -0.120. The van der Waals surface area contributed by atoms with Crippen molar-refractivity contribution < 1.29 is 9.59 Å². The standard InChI is InChI=1S/C14H14N2O2S/c1-9-8-11(15-10(2)17)5-6-12(9)16-14(18)13-4-3-7-19-13/h3-8H,1-2H3,(H,15,17)(H,16,18). The van der Waals surface area contributed by atoms with Gasteiger partial charge in [-0.1, -0.05) is 6.07 Å². The van der Waals surface area contributed by atoms with E-state index in [1.54, 1.807) is 18.2 Å². The Morgan fingerprint density at radius 3 is 2.53 bits per heavy atom. The lowest BCUT2D eigenvalue weighted by Gasteiger charge is -2.09. The molecular formula is C14H14N2O2S. The lowest BCUT2D eigenvalue weighted by Crippen LogP contribution is -2.11. The second kappa shape index (κ2) is 5.67. The van der Waals surface area contributed by atoms with Crippen LogP contribution in [0.25, 0.3) is 0 Å². The van der Waals surface area contributed by atoms with E-state index in [9.17, 15) is 9.59 Å². The number of anilines is 2. The number of rotatable bonds is 3. The second-order valence-corrected chi connectivity index (χ2v) is 5.09. The number of carbonyl (C=O) groups is 2. The number of benzene rings is 1. The Balaban J connectivity index is 2.13. The van der Waals surface area contributed by atoms with Crippen LogP contribution in [-0.4, -0.2) is 11.8 Å². The SMILES string of the molecule is CC(=O)Nc1ccc(NC(=O)c2cccs2)c(C)c1. The van der Waals surface area contributed by atoms with E-state index in [0.717, 1.165) is 16.9 Å². The van der Waals surface area contributed by atoms with Crippen molar-refractivity contribution in [3.63, 3.8) is 0 Å². The van der Waals surface area contributed by atoms with Crippen LogP contribution in [-0.2, 0) is 4.79 Å². The summed E-state index contributed by atoms with van der Waals surface area (Å²) < 4.78 is 0. The van der Waals surface area contributed by atoms with Crippen molar-refractivity contribution in [1.29, 1.82) is 0 Å². The van der Waals surface area contributed by atoms with Crippen LogP contribution in [0.5, 0.6) is 0 Å². The highest BCUT2D eigenvalue weighted by Crippen LogP contribution is 2.21. The molecule has 5 heteroatoms. The number of amides is 2. The molecular weight excluding hydrogens is 260 g/mol. The van der Waals surface area contributed by atoms with Gasteiger partial charge in [-0.15, -0.1) is 11.3 Å². The predicted molar refractivity (Wildman–Crippen MR) is 77.8 cm³/mol. The molecule has 0 saturated carbocycles. The normalized spacial score (nSPS) is 10.0. The first-order valence-electron chi connectivity index (χ1n) is 5.79. The molecule has 2 aromatic rings. The zero-order valence-electron chi connectivity index (χ0n) is 10.7.